The predicted octanol–water partition coefficient (Wildman–Crippen LogP) is 3.62. The summed E-state index contributed by atoms with van der Waals surface area (Å²) in [6, 6.07) is 14.2. The lowest BCUT2D eigenvalue weighted by atomic mass is 9.73. The maximum absolute atomic E-state index is 13.1. The van der Waals surface area contributed by atoms with Gasteiger partial charge in [0, 0.05) is 32.1 Å². The quantitative estimate of drug-likeness (QED) is 0.884. The van der Waals surface area contributed by atoms with Crippen molar-refractivity contribution in [3.63, 3.8) is 0 Å². The van der Waals surface area contributed by atoms with Crippen LogP contribution in [0.1, 0.15) is 53.1 Å². The average molecular weight is 380 g/mol. The predicted molar refractivity (Wildman–Crippen MR) is 106 cm³/mol. The van der Waals surface area contributed by atoms with Gasteiger partial charge < -0.3 is 10.2 Å². The van der Waals surface area contributed by atoms with Crippen molar-refractivity contribution >= 4 is 11.8 Å². The Labute approximate surface area is 164 Å². The van der Waals surface area contributed by atoms with Gasteiger partial charge >= 0.3 is 0 Å². The number of carbonyl (C=O) groups is 2. The average Bonchev–Trinajstić information content (AvgIpc) is 3.02. The van der Waals surface area contributed by atoms with Crippen molar-refractivity contribution in [1.82, 2.24) is 10.2 Å². The minimum Gasteiger partial charge on any atom is -0.359 e. The third kappa shape index (κ3) is 3.30. The Morgan fingerprint density at radius 2 is 1.79 bits per heavy atom. The summed E-state index contributed by atoms with van der Waals surface area (Å²) >= 11 is 0. The van der Waals surface area contributed by atoms with E-state index in [1.165, 1.54) is 23.3 Å². The fourth-order valence-corrected chi connectivity index (χ4v) is 4.92. The summed E-state index contributed by atoms with van der Waals surface area (Å²) in [5, 5.41) is 2.74. The molecule has 146 valence electrons. The highest BCUT2D eigenvalue weighted by Crippen LogP contribution is 2.52. The van der Waals surface area contributed by atoms with Crippen LogP contribution >= 0.6 is 0 Å². The summed E-state index contributed by atoms with van der Waals surface area (Å²) in [6.45, 7) is 1.36. The van der Waals surface area contributed by atoms with Crippen LogP contribution in [0.3, 0.4) is 0 Å². The molecular weight excluding hydrogens is 355 g/mol. The molecule has 28 heavy (non-hydrogen) atoms. The second-order valence-corrected chi connectivity index (χ2v) is 7.95. The first kappa shape index (κ1) is 18.7. The van der Waals surface area contributed by atoms with Gasteiger partial charge in [-0.2, -0.15) is 0 Å². The van der Waals surface area contributed by atoms with Gasteiger partial charge in [-0.1, -0.05) is 24.3 Å². The van der Waals surface area contributed by atoms with Crippen molar-refractivity contribution in [2.75, 3.05) is 20.1 Å². The molecule has 0 aromatic heterocycles. The molecule has 1 atom stereocenters. The zero-order valence-corrected chi connectivity index (χ0v) is 16.1. The summed E-state index contributed by atoms with van der Waals surface area (Å²) in [5.74, 6) is -0.0711. The van der Waals surface area contributed by atoms with Gasteiger partial charge in [0.15, 0.2) is 0 Å². The smallest absolute Gasteiger partial charge is 0.253 e. The van der Waals surface area contributed by atoms with E-state index in [0.717, 1.165) is 19.3 Å². The van der Waals surface area contributed by atoms with Gasteiger partial charge in [0.1, 0.15) is 5.82 Å². The Kier molecular flexibility index (Phi) is 4.92. The Morgan fingerprint density at radius 3 is 2.46 bits per heavy atom. The van der Waals surface area contributed by atoms with Gasteiger partial charge in [-0.05, 0) is 66.0 Å². The molecule has 4 rings (SSSR count). The van der Waals surface area contributed by atoms with E-state index in [9.17, 15) is 14.0 Å². The number of halogens is 1. The second kappa shape index (κ2) is 7.38. The highest BCUT2D eigenvalue weighted by molar-refractivity contribution is 5.94. The number of hydrogen-bond acceptors (Lipinski definition) is 2. The summed E-state index contributed by atoms with van der Waals surface area (Å²) in [6.07, 6.45) is 3.24. The van der Waals surface area contributed by atoms with Gasteiger partial charge in [0.2, 0.25) is 5.91 Å². The topological polar surface area (TPSA) is 49.4 Å². The van der Waals surface area contributed by atoms with Crippen LogP contribution in [0.4, 0.5) is 4.39 Å². The molecule has 2 amide bonds. The number of fused-ring (bicyclic) bond motifs is 2. The van der Waals surface area contributed by atoms with E-state index >= 15 is 0 Å². The molecule has 4 nitrogen and oxygen atoms in total. The first-order valence-corrected chi connectivity index (χ1v) is 9.87. The van der Waals surface area contributed by atoms with E-state index in [1.54, 1.807) is 19.2 Å². The molecule has 0 bridgehead atoms. The lowest BCUT2D eigenvalue weighted by Gasteiger charge is -2.40. The molecular formula is C23H25FN2O2. The van der Waals surface area contributed by atoms with Gasteiger partial charge in [-0.15, -0.1) is 0 Å². The minimum absolute atomic E-state index is 0.0366. The molecule has 2 aromatic carbocycles. The molecule has 1 heterocycles. The van der Waals surface area contributed by atoms with Crippen molar-refractivity contribution in [1.29, 1.82) is 0 Å². The van der Waals surface area contributed by atoms with Crippen molar-refractivity contribution in [2.45, 2.75) is 37.0 Å². The summed E-state index contributed by atoms with van der Waals surface area (Å²) in [7, 11) is 1.68. The normalized spacial score (nSPS) is 20.1. The molecule has 2 aliphatic rings. The fourth-order valence-electron chi connectivity index (χ4n) is 4.92. The fraction of sp³-hybridized carbons (Fsp3) is 0.391. The van der Waals surface area contributed by atoms with E-state index in [2.05, 4.69) is 23.5 Å². The largest absolute Gasteiger partial charge is 0.359 e. The number of piperidine rings is 1. The number of benzene rings is 2. The maximum Gasteiger partial charge on any atom is 0.253 e. The molecule has 0 radical (unpaired) electrons. The lowest BCUT2D eigenvalue weighted by molar-refractivity contribution is -0.121. The van der Waals surface area contributed by atoms with E-state index in [4.69, 9.17) is 0 Å². The molecule has 1 spiro atoms. The SMILES string of the molecule is CNC(=O)C[C@@H]1CC2(CCN(C(=O)c3ccc(F)cc3)CC2)c2ccccc21. The first-order valence-electron chi connectivity index (χ1n) is 9.87. The Hall–Kier alpha value is -2.69. The number of amides is 2. The standard InChI is InChI=1S/C23H25FN2O2/c1-25-21(27)14-17-15-23(20-5-3-2-4-19(17)20)10-12-26(13-11-23)22(28)16-6-8-18(24)9-7-16/h2-9,17H,10-15H2,1H3,(H,25,27)/t17-/m1/s1. The van der Waals surface area contributed by atoms with Crippen LogP contribution in [0.5, 0.6) is 0 Å². The summed E-state index contributed by atoms with van der Waals surface area (Å²) in [4.78, 5) is 26.6. The summed E-state index contributed by atoms with van der Waals surface area (Å²) < 4.78 is 13.1. The number of likely N-dealkylation sites (tertiary alicyclic amines) is 1. The number of nitrogens with zero attached hydrogens (tertiary/aromatic N) is 1. The number of rotatable bonds is 3. The Bertz CT molecular complexity index is 886. The number of nitrogens with one attached hydrogen (secondary N) is 1. The van der Waals surface area contributed by atoms with E-state index in [0.29, 0.717) is 25.1 Å². The molecule has 2 aromatic rings. The minimum atomic E-state index is -0.334. The van der Waals surface area contributed by atoms with Crippen LogP contribution in [0.15, 0.2) is 48.5 Å². The van der Waals surface area contributed by atoms with E-state index in [1.807, 2.05) is 11.0 Å². The van der Waals surface area contributed by atoms with Crippen LogP contribution in [0, 0.1) is 5.82 Å². The summed E-state index contributed by atoms with van der Waals surface area (Å²) in [5.41, 5.74) is 3.19. The van der Waals surface area contributed by atoms with Gasteiger partial charge in [-0.25, -0.2) is 4.39 Å². The molecule has 1 aliphatic heterocycles. The van der Waals surface area contributed by atoms with Crippen LogP contribution in [0.2, 0.25) is 0 Å². The number of carbonyl (C=O) groups excluding carboxylic acids is 2. The van der Waals surface area contributed by atoms with Crippen LogP contribution in [-0.2, 0) is 10.2 Å². The molecule has 1 saturated heterocycles. The zero-order chi connectivity index (χ0) is 19.7. The van der Waals surface area contributed by atoms with Gasteiger partial charge in [-0.3, -0.25) is 9.59 Å². The molecule has 0 unspecified atom stereocenters. The van der Waals surface area contributed by atoms with Gasteiger partial charge in [0.25, 0.3) is 5.91 Å². The monoisotopic (exact) mass is 380 g/mol. The number of hydrogen-bond donors (Lipinski definition) is 1. The lowest BCUT2D eigenvalue weighted by Crippen LogP contribution is -2.44. The highest BCUT2D eigenvalue weighted by Gasteiger charge is 2.46. The van der Waals surface area contributed by atoms with E-state index < -0.39 is 0 Å². The van der Waals surface area contributed by atoms with Crippen molar-refractivity contribution in [2.24, 2.45) is 0 Å². The molecule has 5 heteroatoms. The molecule has 1 fully saturated rings. The van der Waals surface area contributed by atoms with Crippen LogP contribution in [0.25, 0.3) is 0 Å². The molecule has 0 saturated carbocycles. The maximum atomic E-state index is 13.1. The zero-order valence-electron chi connectivity index (χ0n) is 16.1. The van der Waals surface area contributed by atoms with Crippen molar-refractivity contribution in [3.8, 4) is 0 Å². The highest BCUT2D eigenvalue weighted by atomic mass is 19.1. The molecule has 1 aliphatic carbocycles. The van der Waals surface area contributed by atoms with Gasteiger partial charge in [0.05, 0.1) is 0 Å². The third-order valence-corrected chi connectivity index (χ3v) is 6.42. The van der Waals surface area contributed by atoms with Crippen LogP contribution < -0.4 is 5.32 Å². The Morgan fingerprint density at radius 1 is 1.11 bits per heavy atom. The van der Waals surface area contributed by atoms with Crippen molar-refractivity contribution < 1.29 is 14.0 Å². The Balaban J connectivity index is 1.51. The van der Waals surface area contributed by atoms with E-state index in [-0.39, 0.29) is 29.0 Å². The second-order valence-electron chi connectivity index (χ2n) is 7.95. The van der Waals surface area contributed by atoms with Crippen LogP contribution in [-0.4, -0.2) is 36.9 Å². The first-order chi connectivity index (χ1) is 13.5. The third-order valence-electron chi connectivity index (χ3n) is 6.42. The van der Waals surface area contributed by atoms with Crippen molar-refractivity contribution in [3.05, 3.63) is 71.0 Å². The molecule has 1 N–H and O–H groups in total.